The van der Waals surface area contributed by atoms with E-state index in [1.54, 1.807) is 36.4 Å². The zero-order valence-electron chi connectivity index (χ0n) is 22.2. The Labute approximate surface area is 228 Å². The van der Waals surface area contributed by atoms with Crippen molar-refractivity contribution in [3.63, 3.8) is 0 Å². The number of carbonyl (C=O) groups is 3. The predicted molar refractivity (Wildman–Crippen MR) is 144 cm³/mol. The summed E-state index contributed by atoms with van der Waals surface area (Å²) in [5, 5.41) is 0. The molecule has 1 aromatic heterocycles. The Kier molecular flexibility index (Phi) is 6.58. The minimum Gasteiger partial charge on any atom is -0.483 e. The van der Waals surface area contributed by atoms with E-state index >= 15 is 0 Å². The molecule has 4 N–H and O–H groups in total. The highest BCUT2D eigenvalue weighted by molar-refractivity contribution is 5.94. The molecule has 1 amide bonds. The molecule has 0 bridgehead atoms. The number of primary amides is 1. The first-order valence-electron chi connectivity index (χ1n) is 12.7. The second-order valence-electron chi connectivity index (χ2n) is 10.3. The highest BCUT2D eigenvalue weighted by Gasteiger charge is 2.44. The average Bonchev–Trinajstić information content (AvgIpc) is 3.16. The van der Waals surface area contributed by atoms with Gasteiger partial charge in [0, 0.05) is 23.6 Å². The first-order valence-corrected chi connectivity index (χ1v) is 12.7. The molecule has 2 atom stereocenters. The van der Waals surface area contributed by atoms with E-state index in [1.165, 1.54) is 22.4 Å². The Hall–Kier alpha value is -4.71. The summed E-state index contributed by atoms with van der Waals surface area (Å²) in [5.74, 6) is -0.883. The number of allylic oxidation sites excluding steroid dienone is 1. The van der Waals surface area contributed by atoms with Crippen LogP contribution in [0.25, 0.3) is 5.69 Å². The molecule has 0 saturated carbocycles. The topological polar surface area (TPSA) is 171 Å². The predicted octanol–water partition coefficient (Wildman–Crippen LogP) is 1.20. The lowest BCUT2D eigenvalue weighted by atomic mass is 9.83. The summed E-state index contributed by atoms with van der Waals surface area (Å²) in [7, 11) is 0. The standard InChI is InChI=1S/C28H29N5O7/c1-15(34)16-4-6-17(7-5-16)32-26(37)31-13-12-20-24(33(31)27(32)38)19-9-8-18(14-22(19)40-28(20,2)3)39-25(36)21(29)10-11-23(30)35/h4-9,12,14,21,24H,10-11,13,29H2,1-3H3,(H2,30,35). The Morgan fingerprint density at radius 2 is 1.80 bits per heavy atom. The highest BCUT2D eigenvalue weighted by Crippen LogP contribution is 2.47. The number of esters is 1. The number of hydrogen-bond donors (Lipinski definition) is 2. The van der Waals surface area contributed by atoms with Gasteiger partial charge in [-0.2, -0.15) is 0 Å². The van der Waals surface area contributed by atoms with Gasteiger partial charge in [-0.1, -0.05) is 6.08 Å². The molecular formula is C28H29N5O7. The molecule has 12 nitrogen and oxygen atoms in total. The second-order valence-corrected chi connectivity index (χ2v) is 10.3. The molecule has 0 aliphatic carbocycles. The molecule has 2 aliphatic rings. The third kappa shape index (κ3) is 4.56. The summed E-state index contributed by atoms with van der Waals surface area (Å²) in [6.07, 6.45) is 1.88. The van der Waals surface area contributed by atoms with Crippen LogP contribution in [0.3, 0.4) is 0 Å². The van der Waals surface area contributed by atoms with Crippen LogP contribution in [0, 0.1) is 0 Å². The lowest BCUT2D eigenvalue weighted by Crippen LogP contribution is -2.46. The van der Waals surface area contributed by atoms with Crippen molar-refractivity contribution in [3.05, 3.63) is 86.2 Å². The van der Waals surface area contributed by atoms with Gasteiger partial charge in [-0.3, -0.25) is 9.59 Å². The fourth-order valence-electron chi connectivity index (χ4n) is 5.11. The fraction of sp³-hybridized carbons (Fsp3) is 0.321. The number of ether oxygens (including phenoxy) is 2. The smallest absolute Gasteiger partial charge is 0.352 e. The van der Waals surface area contributed by atoms with Gasteiger partial charge in [-0.05, 0) is 69.2 Å². The number of amides is 1. The van der Waals surface area contributed by atoms with Gasteiger partial charge >= 0.3 is 17.3 Å². The highest BCUT2D eigenvalue weighted by atomic mass is 16.5. The van der Waals surface area contributed by atoms with E-state index in [4.69, 9.17) is 20.9 Å². The van der Waals surface area contributed by atoms with Gasteiger partial charge in [0.1, 0.15) is 29.2 Å². The van der Waals surface area contributed by atoms with Gasteiger partial charge in [0.05, 0.1) is 12.2 Å². The molecule has 2 aromatic carbocycles. The molecule has 2 unspecified atom stereocenters. The molecule has 0 fully saturated rings. The first kappa shape index (κ1) is 26.9. The molecule has 40 heavy (non-hydrogen) atoms. The Bertz CT molecular complexity index is 1690. The second kappa shape index (κ2) is 9.79. The molecule has 0 saturated heterocycles. The zero-order valence-corrected chi connectivity index (χ0v) is 22.2. The maximum absolute atomic E-state index is 13.8. The molecule has 0 spiro atoms. The molecular weight excluding hydrogens is 518 g/mol. The Morgan fingerprint density at radius 3 is 2.45 bits per heavy atom. The van der Waals surface area contributed by atoms with Crippen molar-refractivity contribution in [2.45, 2.75) is 57.8 Å². The summed E-state index contributed by atoms with van der Waals surface area (Å²) < 4.78 is 15.5. The van der Waals surface area contributed by atoms with Crippen LogP contribution in [-0.4, -0.2) is 43.2 Å². The number of carbonyl (C=O) groups excluding carboxylic acids is 3. The van der Waals surface area contributed by atoms with E-state index < -0.39 is 40.9 Å². The molecule has 3 heterocycles. The maximum atomic E-state index is 13.8. The summed E-state index contributed by atoms with van der Waals surface area (Å²) in [6.45, 7) is 5.31. The zero-order chi connectivity index (χ0) is 28.9. The first-order chi connectivity index (χ1) is 18.9. The van der Waals surface area contributed by atoms with Crippen LogP contribution in [0.5, 0.6) is 11.5 Å². The van der Waals surface area contributed by atoms with Crippen LogP contribution in [-0.2, 0) is 16.1 Å². The quantitative estimate of drug-likeness (QED) is 0.192. The van der Waals surface area contributed by atoms with Gasteiger partial charge in [0.25, 0.3) is 0 Å². The number of fused-ring (bicyclic) bond motifs is 5. The maximum Gasteiger partial charge on any atom is 0.352 e. The minimum atomic E-state index is -1.04. The lowest BCUT2D eigenvalue weighted by Gasteiger charge is -2.42. The van der Waals surface area contributed by atoms with E-state index in [9.17, 15) is 24.0 Å². The van der Waals surface area contributed by atoms with Gasteiger partial charge in [-0.15, -0.1) is 0 Å². The molecule has 2 aliphatic heterocycles. The van der Waals surface area contributed by atoms with Gasteiger partial charge in [0.2, 0.25) is 5.91 Å². The number of rotatable bonds is 7. The minimum absolute atomic E-state index is 0.0494. The third-order valence-corrected chi connectivity index (χ3v) is 7.18. The van der Waals surface area contributed by atoms with E-state index in [0.717, 1.165) is 10.1 Å². The number of Topliss-reactive ketones (excluding diaryl/α,β-unsaturated/α-hetero) is 1. The molecule has 12 heteroatoms. The fourth-order valence-corrected chi connectivity index (χ4v) is 5.11. The SMILES string of the molecule is CC(=O)c1ccc(-n2c(=O)n3n(c2=O)C2C(=CC3)C(C)(C)Oc3cc(OC(=O)C(N)CCC(N)=O)ccc32)cc1. The van der Waals surface area contributed by atoms with Crippen molar-refractivity contribution in [2.75, 3.05) is 0 Å². The summed E-state index contributed by atoms with van der Waals surface area (Å²) >= 11 is 0. The van der Waals surface area contributed by atoms with E-state index in [1.807, 2.05) is 19.9 Å². The monoisotopic (exact) mass is 547 g/mol. The van der Waals surface area contributed by atoms with Crippen molar-refractivity contribution in [1.82, 2.24) is 13.9 Å². The summed E-state index contributed by atoms with van der Waals surface area (Å²) in [6, 6.07) is 9.34. The number of nitrogens with zero attached hydrogens (tertiary/aromatic N) is 3. The number of benzene rings is 2. The van der Waals surface area contributed by atoms with E-state index in [-0.39, 0.29) is 30.9 Å². The molecule has 208 valence electrons. The summed E-state index contributed by atoms with van der Waals surface area (Å²) in [4.78, 5) is 62.3. The number of ketones is 1. The van der Waals surface area contributed by atoms with Crippen LogP contribution < -0.4 is 32.3 Å². The van der Waals surface area contributed by atoms with Crippen LogP contribution >= 0.6 is 0 Å². The van der Waals surface area contributed by atoms with Crippen LogP contribution in [0.15, 0.2) is 63.7 Å². The van der Waals surface area contributed by atoms with Crippen LogP contribution in [0.4, 0.5) is 0 Å². The Balaban J connectivity index is 1.54. The van der Waals surface area contributed by atoms with Gasteiger partial charge < -0.3 is 20.9 Å². The molecule has 0 radical (unpaired) electrons. The average molecular weight is 548 g/mol. The van der Waals surface area contributed by atoms with Gasteiger partial charge in [0.15, 0.2) is 5.78 Å². The van der Waals surface area contributed by atoms with Crippen LogP contribution in [0.2, 0.25) is 0 Å². The molecule has 3 aromatic rings. The third-order valence-electron chi connectivity index (χ3n) is 7.18. The Morgan fingerprint density at radius 1 is 1.10 bits per heavy atom. The van der Waals surface area contributed by atoms with Crippen molar-refractivity contribution < 1.29 is 23.9 Å². The summed E-state index contributed by atoms with van der Waals surface area (Å²) in [5.41, 5.74) is 11.2. The van der Waals surface area contributed by atoms with Crippen molar-refractivity contribution in [2.24, 2.45) is 11.5 Å². The largest absolute Gasteiger partial charge is 0.483 e. The van der Waals surface area contributed by atoms with Crippen molar-refractivity contribution >= 4 is 17.7 Å². The van der Waals surface area contributed by atoms with Crippen molar-refractivity contribution in [1.29, 1.82) is 0 Å². The van der Waals surface area contributed by atoms with Gasteiger partial charge in [-0.25, -0.2) is 28.3 Å². The normalized spacial score (nSPS) is 17.4. The number of aromatic nitrogens is 3. The number of hydrogen-bond acceptors (Lipinski definition) is 8. The lowest BCUT2D eigenvalue weighted by molar-refractivity contribution is -0.136. The number of nitrogens with two attached hydrogens (primary N) is 2. The van der Waals surface area contributed by atoms with Crippen molar-refractivity contribution in [3.8, 4) is 17.2 Å². The van der Waals surface area contributed by atoms with E-state index in [2.05, 4.69) is 0 Å². The van der Waals surface area contributed by atoms with E-state index in [0.29, 0.717) is 22.6 Å². The van der Waals surface area contributed by atoms with Crippen LogP contribution in [0.1, 0.15) is 55.6 Å². The molecule has 5 rings (SSSR count).